The van der Waals surface area contributed by atoms with Crippen molar-refractivity contribution in [2.75, 3.05) is 11.9 Å². The minimum Gasteiger partial charge on any atom is -0.460 e. The molecule has 194 valence electrons. The highest BCUT2D eigenvalue weighted by atomic mass is 35.5. The van der Waals surface area contributed by atoms with Crippen LogP contribution >= 0.6 is 11.6 Å². The van der Waals surface area contributed by atoms with Crippen LogP contribution in [0.1, 0.15) is 46.1 Å². The van der Waals surface area contributed by atoms with Crippen molar-refractivity contribution in [2.45, 2.75) is 64.8 Å². The maximum atomic E-state index is 13.4. The average molecular weight is 519 g/mol. The number of amides is 2. The van der Waals surface area contributed by atoms with E-state index in [9.17, 15) is 27.6 Å². The summed E-state index contributed by atoms with van der Waals surface area (Å²) in [7, 11) is 0. The fourth-order valence-corrected chi connectivity index (χ4v) is 3.44. The van der Waals surface area contributed by atoms with Gasteiger partial charge in [0, 0.05) is 0 Å². The minimum atomic E-state index is -4.77. The number of alkyl carbamates (subject to hydrolysis) is 1. The number of alkyl halides is 3. The molecule has 0 aliphatic heterocycles. The summed E-state index contributed by atoms with van der Waals surface area (Å²) in [5, 5.41) is 4.39. The number of benzene rings is 1. The quantitative estimate of drug-likeness (QED) is 0.336. The van der Waals surface area contributed by atoms with E-state index in [2.05, 4.69) is 16.6 Å². The van der Waals surface area contributed by atoms with Crippen molar-refractivity contribution in [3.05, 3.63) is 41.4 Å². The van der Waals surface area contributed by atoms with Crippen LogP contribution in [0.3, 0.4) is 0 Å². The molecular weight excluding hydrogens is 489 g/mol. The molecular formula is C24H30ClF3N2O5. The maximum Gasteiger partial charge on any atom is 0.408 e. The van der Waals surface area contributed by atoms with Crippen LogP contribution in [0.2, 0.25) is 5.02 Å². The number of rotatable bonds is 9. The number of anilines is 1. The second-order valence-electron chi connectivity index (χ2n) is 9.60. The summed E-state index contributed by atoms with van der Waals surface area (Å²) in [6, 6.07) is 2.66. The molecule has 1 saturated carbocycles. The van der Waals surface area contributed by atoms with Crippen molar-refractivity contribution in [1.29, 1.82) is 0 Å². The van der Waals surface area contributed by atoms with Gasteiger partial charge in [0.2, 0.25) is 5.91 Å². The molecule has 0 heterocycles. The molecule has 1 aliphatic carbocycles. The van der Waals surface area contributed by atoms with Gasteiger partial charge < -0.3 is 20.1 Å². The topological polar surface area (TPSA) is 93.7 Å². The normalized spacial score (nSPS) is 16.5. The van der Waals surface area contributed by atoms with E-state index in [1.54, 1.807) is 26.8 Å². The zero-order chi connectivity index (χ0) is 26.6. The third-order valence-electron chi connectivity index (χ3n) is 5.42. The Hall–Kier alpha value is -2.75. The van der Waals surface area contributed by atoms with Crippen molar-refractivity contribution in [3.8, 4) is 0 Å². The Labute approximate surface area is 207 Å². The number of hydrogen-bond donors (Lipinski definition) is 2. The van der Waals surface area contributed by atoms with Gasteiger partial charge in [0.25, 0.3) is 0 Å². The molecule has 1 aliphatic rings. The van der Waals surface area contributed by atoms with E-state index in [1.165, 1.54) is 18.2 Å². The van der Waals surface area contributed by atoms with Crippen molar-refractivity contribution in [1.82, 2.24) is 5.32 Å². The third kappa shape index (κ3) is 8.16. The molecule has 2 N–H and O–H groups in total. The first-order valence-corrected chi connectivity index (χ1v) is 11.4. The van der Waals surface area contributed by atoms with E-state index in [4.69, 9.17) is 16.3 Å². The van der Waals surface area contributed by atoms with Crippen LogP contribution in [-0.2, 0) is 25.5 Å². The Morgan fingerprint density at radius 3 is 2.37 bits per heavy atom. The fourth-order valence-electron chi connectivity index (χ4n) is 3.28. The van der Waals surface area contributed by atoms with E-state index in [1.807, 2.05) is 5.32 Å². The first-order chi connectivity index (χ1) is 16.1. The summed E-state index contributed by atoms with van der Waals surface area (Å²) in [5.41, 5.74) is -0.635. The van der Waals surface area contributed by atoms with Crippen LogP contribution in [0.5, 0.6) is 0 Å². The Bertz CT molecular complexity index is 971. The predicted octanol–water partition coefficient (Wildman–Crippen LogP) is 5.42. The predicted molar refractivity (Wildman–Crippen MR) is 125 cm³/mol. The molecule has 7 nitrogen and oxygen atoms in total. The van der Waals surface area contributed by atoms with Crippen LogP contribution in [0.4, 0.5) is 23.7 Å². The number of esters is 1. The maximum absolute atomic E-state index is 13.4. The average Bonchev–Trinajstić information content (AvgIpc) is 3.51. The Morgan fingerprint density at radius 1 is 1.23 bits per heavy atom. The lowest BCUT2D eigenvalue weighted by Crippen LogP contribution is -2.52. The molecule has 0 radical (unpaired) electrons. The molecule has 2 unspecified atom stereocenters. The standard InChI is InChI=1S/C24H30ClF3N2O5/c1-6-11-34-21(33)30-18(14(2)24(26,27)28)19(31)29-17-12-15(7-8-16(17)25)13-23(9-10-23)20(32)35-22(3,4)5/h6-8,12,14,18H,1,9-11,13H2,2-5H3,(H,29,31)(H,30,33). The van der Waals surface area contributed by atoms with Gasteiger partial charge in [-0.05, 0) is 57.7 Å². The van der Waals surface area contributed by atoms with E-state index >= 15 is 0 Å². The van der Waals surface area contributed by atoms with Crippen molar-refractivity contribution in [2.24, 2.45) is 11.3 Å². The van der Waals surface area contributed by atoms with Gasteiger partial charge in [-0.3, -0.25) is 9.59 Å². The van der Waals surface area contributed by atoms with E-state index in [-0.39, 0.29) is 23.3 Å². The fraction of sp³-hybridized carbons (Fsp3) is 0.542. The number of ether oxygens (including phenoxy) is 2. The molecule has 1 fully saturated rings. The van der Waals surface area contributed by atoms with Crippen LogP contribution in [0, 0.1) is 11.3 Å². The summed E-state index contributed by atoms with van der Waals surface area (Å²) in [6.07, 6.45) is -3.16. The minimum absolute atomic E-state index is 0.0507. The second kappa shape index (κ2) is 10.9. The monoisotopic (exact) mass is 518 g/mol. The lowest BCUT2D eigenvalue weighted by molar-refractivity contribution is -0.178. The molecule has 11 heteroatoms. The van der Waals surface area contributed by atoms with Crippen LogP contribution < -0.4 is 10.6 Å². The first kappa shape index (κ1) is 28.5. The number of halogens is 4. The Balaban J connectivity index is 2.21. The van der Waals surface area contributed by atoms with E-state index in [0.717, 1.165) is 6.92 Å². The zero-order valence-corrected chi connectivity index (χ0v) is 20.8. The third-order valence-corrected chi connectivity index (χ3v) is 5.75. The van der Waals surface area contributed by atoms with Gasteiger partial charge in [0.05, 0.1) is 22.0 Å². The number of nitrogens with one attached hydrogen (secondary N) is 2. The van der Waals surface area contributed by atoms with Crippen LogP contribution in [0.15, 0.2) is 30.9 Å². The van der Waals surface area contributed by atoms with Crippen molar-refractivity contribution >= 4 is 35.3 Å². The smallest absolute Gasteiger partial charge is 0.408 e. The lowest BCUT2D eigenvalue weighted by atomic mass is 9.95. The molecule has 0 aromatic heterocycles. The SMILES string of the molecule is C=CCOC(=O)NC(C(=O)Nc1cc(CC2(C(=O)OC(C)(C)C)CC2)ccc1Cl)C(C)C(F)(F)F. The summed E-state index contributed by atoms with van der Waals surface area (Å²) >= 11 is 6.17. The highest BCUT2D eigenvalue weighted by Crippen LogP contribution is 2.50. The molecule has 2 amide bonds. The summed E-state index contributed by atoms with van der Waals surface area (Å²) in [4.78, 5) is 37.3. The molecule has 2 rings (SSSR count). The Kier molecular flexibility index (Phi) is 8.86. The summed E-state index contributed by atoms with van der Waals surface area (Å²) in [5.74, 6) is -3.67. The van der Waals surface area contributed by atoms with Gasteiger partial charge >= 0.3 is 18.2 Å². The van der Waals surface area contributed by atoms with Gasteiger partial charge in [0.1, 0.15) is 18.2 Å². The molecule has 1 aromatic carbocycles. The number of carbonyl (C=O) groups is 3. The highest BCUT2D eigenvalue weighted by molar-refractivity contribution is 6.33. The van der Waals surface area contributed by atoms with E-state index in [0.29, 0.717) is 24.8 Å². The highest BCUT2D eigenvalue weighted by Gasteiger charge is 2.52. The molecule has 1 aromatic rings. The number of carbonyl (C=O) groups excluding carboxylic acids is 3. The molecule has 0 spiro atoms. The van der Waals surface area contributed by atoms with Gasteiger partial charge in [-0.25, -0.2) is 4.79 Å². The molecule has 0 saturated heterocycles. The molecule has 2 atom stereocenters. The van der Waals surface area contributed by atoms with Gasteiger partial charge in [-0.2, -0.15) is 13.2 Å². The van der Waals surface area contributed by atoms with Gasteiger partial charge in [-0.1, -0.05) is 37.2 Å². The lowest BCUT2D eigenvalue weighted by Gasteiger charge is -2.26. The van der Waals surface area contributed by atoms with Crippen LogP contribution in [-0.4, -0.2) is 42.4 Å². The van der Waals surface area contributed by atoms with Crippen molar-refractivity contribution in [3.63, 3.8) is 0 Å². The molecule has 35 heavy (non-hydrogen) atoms. The van der Waals surface area contributed by atoms with Crippen molar-refractivity contribution < 1.29 is 37.0 Å². The summed E-state index contributed by atoms with van der Waals surface area (Å²) in [6.45, 7) is 9.20. The Morgan fingerprint density at radius 2 is 1.86 bits per heavy atom. The summed E-state index contributed by atoms with van der Waals surface area (Å²) < 4.78 is 50.3. The largest absolute Gasteiger partial charge is 0.460 e. The zero-order valence-electron chi connectivity index (χ0n) is 20.1. The van der Waals surface area contributed by atoms with Gasteiger partial charge in [0.15, 0.2) is 0 Å². The van der Waals surface area contributed by atoms with Crippen LogP contribution in [0.25, 0.3) is 0 Å². The number of hydrogen-bond acceptors (Lipinski definition) is 5. The van der Waals surface area contributed by atoms with E-state index < -0.39 is 41.2 Å². The second-order valence-corrected chi connectivity index (χ2v) is 10.0. The first-order valence-electron chi connectivity index (χ1n) is 11.0. The van der Waals surface area contributed by atoms with Gasteiger partial charge in [-0.15, -0.1) is 0 Å². The molecule has 0 bridgehead atoms.